The largest absolute Gasteiger partial charge is 0.462 e. The van der Waals surface area contributed by atoms with Crippen molar-refractivity contribution < 1.29 is 9.53 Å². The van der Waals surface area contributed by atoms with Crippen LogP contribution >= 0.6 is 0 Å². The fourth-order valence-corrected chi connectivity index (χ4v) is 3.03. The quantitative estimate of drug-likeness (QED) is 0.685. The van der Waals surface area contributed by atoms with Crippen molar-refractivity contribution in [2.24, 2.45) is 5.92 Å². The van der Waals surface area contributed by atoms with Crippen molar-refractivity contribution in [1.82, 2.24) is 5.32 Å². The zero-order valence-corrected chi connectivity index (χ0v) is 15.5. The summed E-state index contributed by atoms with van der Waals surface area (Å²) in [6, 6.07) is 19.0. The molecule has 3 heteroatoms. The maximum absolute atomic E-state index is 11.4. The molecule has 0 aliphatic carbocycles. The summed E-state index contributed by atoms with van der Waals surface area (Å²) in [6.45, 7) is 4.58. The Kier molecular flexibility index (Phi) is 7.68. The van der Waals surface area contributed by atoms with Crippen LogP contribution in [0.2, 0.25) is 0 Å². The topological polar surface area (TPSA) is 38.3 Å². The van der Waals surface area contributed by atoms with Crippen LogP contribution in [-0.4, -0.2) is 25.7 Å². The maximum atomic E-state index is 11.4. The molecule has 0 amide bonds. The molecule has 0 aliphatic heterocycles. The lowest BCUT2D eigenvalue weighted by atomic mass is 9.94. The van der Waals surface area contributed by atoms with Crippen LogP contribution < -0.4 is 5.32 Å². The predicted molar refractivity (Wildman–Crippen MR) is 103 cm³/mol. The fraction of sp³-hybridized carbons (Fsp3) is 0.409. The number of carbonyl (C=O) groups is 1. The Morgan fingerprint density at radius 2 is 1.64 bits per heavy atom. The second-order valence-corrected chi connectivity index (χ2v) is 6.62. The molecule has 3 nitrogen and oxygen atoms in total. The number of carbonyl (C=O) groups excluding carboxylic acids is 1. The molecule has 0 spiro atoms. The van der Waals surface area contributed by atoms with Crippen LogP contribution in [0.25, 0.3) is 11.1 Å². The lowest BCUT2D eigenvalue weighted by Gasteiger charge is -2.23. The van der Waals surface area contributed by atoms with Crippen molar-refractivity contribution in [3.63, 3.8) is 0 Å². The lowest BCUT2D eigenvalue weighted by Crippen LogP contribution is -2.27. The number of rotatable bonds is 9. The number of ether oxygens (including phenoxy) is 1. The van der Waals surface area contributed by atoms with Crippen LogP contribution in [0.4, 0.5) is 0 Å². The molecule has 0 bridgehead atoms. The van der Waals surface area contributed by atoms with Crippen molar-refractivity contribution in [1.29, 1.82) is 0 Å². The third kappa shape index (κ3) is 6.35. The Balaban J connectivity index is 1.96. The summed E-state index contributed by atoms with van der Waals surface area (Å²) >= 11 is 0. The van der Waals surface area contributed by atoms with E-state index in [1.807, 2.05) is 13.1 Å². The van der Waals surface area contributed by atoms with Gasteiger partial charge in [0.05, 0.1) is 0 Å². The molecule has 1 N–H and O–H groups in total. The minimum atomic E-state index is -0.194. The van der Waals surface area contributed by atoms with Gasteiger partial charge >= 0.3 is 5.97 Å². The van der Waals surface area contributed by atoms with Crippen LogP contribution in [0, 0.1) is 5.92 Å². The van der Waals surface area contributed by atoms with Gasteiger partial charge in [0.25, 0.3) is 0 Å². The summed E-state index contributed by atoms with van der Waals surface area (Å²) in [4.78, 5) is 11.4. The summed E-state index contributed by atoms with van der Waals surface area (Å²) in [5, 5.41) is 3.16. The number of benzene rings is 2. The van der Waals surface area contributed by atoms with Gasteiger partial charge in [0, 0.05) is 6.92 Å². The zero-order chi connectivity index (χ0) is 18.1. The highest BCUT2D eigenvalue weighted by Gasteiger charge is 2.19. The Morgan fingerprint density at radius 1 is 1.00 bits per heavy atom. The van der Waals surface area contributed by atoms with E-state index in [0.29, 0.717) is 5.92 Å². The van der Waals surface area contributed by atoms with E-state index in [1.165, 1.54) is 23.6 Å². The molecule has 0 fully saturated rings. The van der Waals surface area contributed by atoms with E-state index in [0.717, 1.165) is 25.8 Å². The van der Waals surface area contributed by atoms with Crippen LogP contribution in [-0.2, 0) is 16.0 Å². The van der Waals surface area contributed by atoms with Gasteiger partial charge in [-0.05, 0) is 55.5 Å². The Bertz CT molecular complexity index is 637. The van der Waals surface area contributed by atoms with Crippen LogP contribution in [0.5, 0.6) is 0 Å². The molecular formula is C22H29NO2. The number of esters is 1. The number of hydrogen-bond acceptors (Lipinski definition) is 3. The first kappa shape index (κ1) is 19.2. The first-order chi connectivity index (χ1) is 12.1. The third-order valence-electron chi connectivity index (χ3n) is 4.58. The Morgan fingerprint density at radius 3 is 2.24 bits per heavy atom. The minimum Gasteiger partial charge on any atom is -0.462 e. The zero-order valence-electron chi connectivity index (χ0n) is 15.5. The highest BCUT2D eigenvalue weighted by Crippen LogP contribution is 2.22. The van der Waals surface area contributed by atoms with Gasteiger partial charge in [-0.3, -0.25) is 4.79 Å². The average Bonchev–Trinajstić information content (AvgIpc) is 2.64. The predicted octanol–water partition coefficient (Wildman–Crippen LogP) is 4.46. The first-order valence-corrected chi connectivity index (χ1v) is 9.06. The van der Waals surface area contributed by atoms with E-state index in [9.17, 15) is 4.79 Å². The summed E-state index contributed by atoms with van der Waals surface area (Å²) in [5.41, 5.74) is 3.73. The molecule has 0 saturated heterocycles. The van der Waals surface area contributed by atoms with E-state index in [2.05, 4.69) is 60.8 Å². The van der Waals surface area contributed by atoms with Crippen molar-refractivity contribution in [3.8, 4) is 11.1 Å². The first-order valence-electron chi connectivity index (χ1n) is 9.06. The monoisotopic (exact) mass is 339 g/mol. The van der Waals surface area contributed by atoms with E-state index in [-0.39, 0.29) is 12.1 Å². The van der Waals surface area contributed by atoms with Gasteiger partial charge in [-0.1, -0.05) is 61.5 Å². The number of hydrogen-bond donors (Lipinski definition) is 1. The van der Waals surface area contributed by atoms with Gasteiger partial charge in [-0.25, -0.2) is 0 Å². The summed E-state index contributed by atoms with van der Waals surface area (Å²) in [5.74, 6) is 0.153. The molecule has 2 atom stereocenters. The number of nitrogens with one attached hydrogen (secondary N) is 1. The highest BCUT2D eigenvalue weighted by atomic mass is 16.5. The molecule has 0 saturated carbocycles. The standard InChI is InChI=1S/C22H29NO2/c1-17(15-16-23-3)22(25-18(2)24)14-11-19-9-12-21(13-10-19)20-7-5-4-6-8-20/h4-10,12-13,17,22-23H,11,14-16H2,1-3H3. The third-order valence-corrected chi connectivity index (χ3v) is 4.58. The van der Waals surface area contributed by atoms with Crippen molar-refractivity contribution in [2.45, 2.75) is 39.2 Å². The van der Waals surface area contributed by atoms with Crippen molar-refractivity contribution in [3.05, 3.63) is 60.2 Å². The molecule has 2 rings (SSSR count). The van der Waals surface area contributed by atoms with Crippen molar-refractivity contribution in [2.75, 3.05) is 13.6 Å². The van der Waals surface area contributed by atoms with Gasteiger partial charge in [0.1, 0.15) is 6.10 Å². The summed E-state index contributed by atoms with van der Waals surface area (Å²) in [6.07, 6.45) is 2.74. The van der Waals surface area contributed by atoms with Gasteiger partial charge < -0.3 is 10.1 Å². The highest BCUT2D eigenvalue weighted by molar-refractivity contribution is 5.66. The van der Waals surface area contributed by atoms with E-state index in [1.54, 1.807) is 0 Å². The van der Waals surface area contributed by atoms with Gasteiger partial charge in [0.15, 0.2) is 0 Å². The van der Waals surface area contributed by atoms with E-state index in [4.69, 9.17) is 4.74 Å². The summed E-state index contributed by atoms with van der Waals surface area (Å²) in [7, 11) is 1.95. The molecule has 0 radical (unpaired) electrons. The van der Waals surface area contributed by atoms with E-state index < -0.39 is 0 Å². The van der Waals surface area contributed by atoms with Crippen molar-refractivity contribution >= 4 is 5.97 Å². The summed E-state index contributed by atoms with van der Waals surface area (Å²) < 4.78 is 5.56. The van der Waals surface area contributed by atoms with Crippen LogP contribution in [0.3, 0.4) is 0 Å². The molecule has 2 unspecified atom stereocenters. The van der Waals surface area contributed by atoms with Crippen LogP contribution in [0.1, 0.15) is 32.3 Å². The molecule has 2 aromatic carbocycles. The second kappa shape index (κ2) is 10.00. The fourth-order valence-electron chi connectivity index (χ4n) is 3.03. The lowest BCUT2D eigenvalue weighted by molar-refractivity contribution is -0.149. The SMILES string of the molecule is CNCCC(C)C(CCc1ccc(-c2ccccc2)cc1)OC(C)=O. The maximum Gasteiger partial charge on any atom is 0.302 e. The number of aryl methyl sites for hydroxylation is 1. The van der Waals surface area contributed by atoms with Gasteiger partial charge in [0.2, 0.25) is 0 Å². The van der Waals surface area contributed by atoms with Gasteiger partial charge in [-0.2, -0.15) is 0 Å². The van der Waals surface area contributed by atoms with Gasteiger partial charge in [-0.15, -0.1) is 0 Å². The normalized spacial score (nSPS) is 13.2. The smallest absolute Gasteiger partial charge is 0.302 e. The Hall–Kier alpha value is -2.13. The molecule has 0 aromatic heterocycles. The Labute approximate surface area is 151 Å². The minimum absolute atomic E-state index is 0.0281. The molecular weight excluding hydrogens is 310 g/mol. The molecule has 0 heterocycles. The molecule has 134 valence electrons. The molecule has 0 aliphatic rings. The average molecular weight is 339 g/mol. The van der Waals surface area contributed by atoms with Crippen LogP contribution in [0.15, 0.2) is 54.6 Å². The molecule has 25 heavy (non-hydrogen) atoms. The van der Waals surface area contributed by atoms with E-state index >= 15 is 0 Å². The second-order valence-electron chi connectivity index (χ2n) is 6.62. The molecule has 2 aromatic rings.